The Bertz CT molecular complexity index is 285. The van der Waals surface area contributed by atoms with Gasteiger partial charge in [0.25, 0.3) is 0 Å². The molecule has 0 N–H and O–H groups in total. The molecular formula is C6H3F9O. The molecule has 0 bridgehead atoms. The van der Waals surface area contributed by atoms with Crippen LogP contribution >= 0.6 is 0 Å². The molecule has 0 aromatic rings. The topological polar surface area (TPSA) is 9.23 Å². The minimum atomic E-state index is -6.15. The zero-order valence-corrected chi connectivity index (χ0v) is 7.31. The van der Waals surface area contributed by atoms with Crippen LogP contribution < -0.4 is 0 Å². The smallest absolute Gasteiger partial charge is 0.397 e. The van der Waals surface area contributed by atoms with E-state index in [1.54, 1.807) is 0 Å². The lowest BCUT2D eigenvalue weighted by Crippen LogP contribution is -2.53. The van der Waals surface area contributed by atoms with Crippen LogP contribution in [-0.4, -0.2) is 18.0 Å². The molecule has 0 aromatic carbocycles. The van der Waals surface area contributed by atoms with E-state index in [1.807, 2.05) is 0 Å². The van der Waals surface area contributed by atoms with Crippen LogP contribution in [0.1, 0.15) is 6.92 Å². The molecule has 96 valence electrons. The van der Waals surface area contributed by atoms with Gasteiger partial charge in [0.1, 0.15) is 0 Å². The van der Waals surface area contributed by atoms with Gasteiger partial charge in [0.15, 0.2) is 0 Å². The van der Waals surface area contributed by atoms with Gasteiger partial charge in [-0.3, -0.25) is 0 Å². The van der Waals surface area contributed by atoms with Gasteiger partial charge in [-0.2, -0.15) is 39.5 Å². The molecule has 0 fully saturated rings. The minimum absolute atomic E-state index is 0.600. The van der Waals surface area contributed by atoms with Crippen LogP contribution in [0.25, 0.3) is 0 Å². The number of hydrogen-bond donors (Lipinski definition) is 0. The third-order valence-electron chi connectivity index (χ3n) is 1.28. The van der Waals surface area contributed by atoms with E-state index >= 15 is 0 Å². The highest BCUT2D eigenvalue weighted by Crippen LogP contribution is 2.47. The highest BCUT2D eigenvalue weighted by molar-refractivity contribution is 4.92. The largest absolute Gasteiger partial charge is 0.472 e. The van der Waals surface area contributed by atoms with Crippen molar-refractivity contribution in [2.45, 2.75) is 24.9 Å². The van der Waals surface area contributed by atoms with E-state index in [1.165, 1.54) is 0 Å². The Hall–Kier alpha value is -1.09. The van der Waals surface area contributed by atoms with Gasteiger partial charge in [0.05, 0.1) is 0 Å². The van der Waals surface area contributed by atoms with Crippen LogP contribution in [-0.2, 0) is 4.74 Å². The van der Waals surface area contributed by atoms with E-state index in [0.29, 0.717) is 0 Å². The number of alkyl halides is 6. The Labute approximate surface area is 82.5 Å². The van der Waals surface area contributed by atoms with E-state index in [0.717, 1.165) is 0 Å². The van der Waals surface area contributed by atoms with Crippen molar-refractivity contribution in [1.29, 1.82) is 0 Å². The van der Waals surface area contributed by atoms with Crippen molar-refractivity contribution in [3.8, 4) is 0 Å². The second-order valence-electron chi connectivity index (χ2n) is 2.62. The third kappa shape index (κ3) is 2.73. The monoisotopic (exact) mass is 262 g/mol. The number of ether oxygens (including phenoxy) is 1. The van der Waals surface area contributed by atoms with Crippen LogP contribution in [0.5, 0.6) is 0 Å². The fourth-order valence-corrected chi connectivity index (χ4v) is 0.471. The van der Waals surface area contributed by atoms with Gasteiger partial charge in [0, 0.05) is 6.92 Å². The quantitative estimate of drug-likeness (QED) is 0.551. The fraction of sp³-hybridized carbons (Fsp3) is 0.667. The van der Waals surface area contributed by atoms with Gasteiger partial charge < -0.3 is 4.74 Å². The first-order chi connectivity index (χ1) is 6.83. The van der Waals surface area contributed by atoms with Crippen molar-refractivity contribution in [3.05, 3.63) is 12.1 Å². The maximum atomic E-state index is 12.3. The Balaban J connectivity index is 5.15. The van der Waals surface area contributed by atoms with Crippen molar-refractivity contribution < 1.29 is 44.3 Å². The molecule has 0 aromatic heterocycles. The zero-order valence-electron chi connectivity index (χ0n) is 7.31. The first-order valence-corrected chi connectivity index (χ1v) is 3.36. The lowest BCUT2D eigenvalue weighted by molar-refractivity contribution is -0.389. The molecule has 0 rings (SSSR count). The molecule has 0 saturated heterocycles. The molecule has 0 aliphatic heterocycles. The lowest BCUT2D eigenvalue weighted by atomic mass is 10.2. The molecule has 10 heteroatoms. The molecule has 0 spiro atoms. The molecule has 0 unspecified atom stereocenters. The Kier molecular flexibility index (Phi) is 3.78. The molecule has 0 radical (unpaired) electrons. The van der Waals surface area contributed by atoms with Crippen LogP contribution in [0.3, 0.4) is 0 Å². The first-order valence-electron chi connectivity index (χ1n) is 3.36. The summed E-state index contributed by atoms with van der Waals surface area (Å²) in [6.07, 6.45) is -9.59. The molecule has 0 heterocycles. The average molecular weight is 262 g/mol. The van der Waals surface area contributed by atoms with Crippen LogP contribution in [0.2, 0.25) is 0 Å². The summed E-state index contributed by atoms with van der Waals surface area (Å²) in [6.45, 7) is -0.600. The van der Waals surface area contributed by atoms with Crippen molar-refractivity contribution in [2.75, 3.05) is 0 Å². The lowest BCUT2D eigenvalue weighted by Gasteiger charge is -2.29. The second kappa shape index (κ2) is 4.06. The standard InChI is InChI=1S/C6H3F9O/c1-4(10,11)5(12,13)6(14,15)16-3(9)2(7)8/h1H3. The van der Waals surface area contributed by atoms with Crippen LogP contribution in [0.4, 0.5) is 39.5 Å². The van der Waals surface area contributed by atoms with Gasteiger partial charge in [0.2, 0.25) is 0 Å². The van der Waals surface area contributed by atoms with Crippen LogP contribution in [0.15, 0.2) is 12.1 Å². The first kappa shape index (κ1) is 14.9. The highest BCUT2D eigenvalue weighted by atomic mass is 19.4. The van der Waals surface area contributed by atoms with Crippen LogP contribution in [0, 0.1) is 0 Å². The van der Waals surface area contributed by atoms with Gasteiger partial charge in [-0.15, -0.1) is 0 Å². The van der Waals surface area contributed by atoms with Gasteiger partial charge in [-0.05, 0) is 0 Å². The molecule has 0 saturated carbocycles. The van der Waals surface area contributed by atoms with E-state index < -0.39 is 37.0 Å². The predicted molar refractivity (Wildman–Crippen MR) is 31.9 cm³/mol. The summed E-state index contributed by atoms with van der Waals surface area (Å²) < 4.78 is 110. The van der Waals surface area contributed by atoms with E-state index in [4.69, 9.17) is 0 Å². The second-order valence-corrected chi connectivity index (χ2v) is 2.62. The normalized spacial score (nSPS) is 13.6. The molecule has 0 atom stereocenters. The molecule has 16 heavy (non-hydrogen) atoms. The fourth-order valence-electron chi connectivity index (χ4n) is 0.471. The number of hydrogen-bond acceptors (Lipinski definition) is 1. The highest BCUT2D eigenvalue weighted by Gasteiger charge is 2.72. The third-order valence-corrected chi connectivity index (χ3v) is 1.28. The van der Waals surface area contributed by atoms with Gasteiger partial charge in [-0.25, -0.2) is 0 Å². The summed E-state index contributed by atoms with van der Waals surface area (Å²) in [5.74, 6) is -11.4. The van der Waals surface area contributed by atoms with Crippen molar-refractivity contribution in [3.63, 3.8) is 0 Å². The summed E-state index contributed by atoms with van der Waals surface area (Å²) in [6, 6.07) is -3.35. The summed E-state index contributed by atoms with van der Waals surface area (Å²) in [5, 5.41) is 0. The molecule has 1 nitrogen and oxygen atoms in total. The molecule has 0 aliphatic rings. The summed E-state index contributed by atoms with van der Waals surface area (Å²) >= 11 is 0. The summed E-state index contributed by atoms with van der Waals surface area (Å²) in [7, 11) is 0. The maximum Gasteiger partial charge on any atom is 0.472 e. The SMILES string of the molecule is CC(F)(F)C(F)(F)C(F)(F)OC(F)=C(F)F. The Morgan fingerprint density at radius 1 is 0.875 bits per heavy atom. The van der Waals surface area contributed by atoms with Crippen molar-refractivity contribution in [2.24, 2.45) is 0 Å². The molecule has 0 aliphatic carbocycles. The van der Waals surface area contributed by atoms with Crippen molar-refractivity contribution >= 4 is 0 Å². The number of halogens is 9. The molecule has 0 amide bonds. The van der Waals surface area contributed by atoms with Gasteiger partial charge in [-0.1, -0.05) is 0 Å². The summed E-state index contributed by atoms with van der Waals surface area (Å²) in [5.41, 5.74) is 0. The predicted octanol–water partition coefficient (Wildman–Crippen LogP) is 3.92. The average Bonchev–Trinajstić information content (AvgIpc) is 2.00. The summed E-state index contributed by atoms with van der Waals surface area (Å²) in [4.78, 5) is 0. The van der Waals surface area contributed by atoms with Crippen molar-refractivity contribution in [1.82, 2.24) is 0 Å². The van der Waals surface area contributed by atoms with E-state index in [2.05, 4.69) is 4.74 Å². The number of rotatable bonds is 4. The van der Waals surface area contributed by atoms with Gasteiger partial charge >= 0.3 is 30.0 Å². The maximum absolute atomic E-state index is 12.3. The Morgan fingerprint density at radius 2 is 1.25 bits per heavy atom. The Morgan fingerprint density at radius 3 is 1.50 bits per heavy atom. The molecular weight excluding hydrogens is 259 g/mol. The van der Waals surface area contributed by atoms with E-state index in [9.17, 15) is 39.5 Å². The minimum Gasteiger partial charge on any atom is -0.397 e. The van der Waals surface area contributed by atoms with E-state index in [-0.39, 0.29) is 0 Å². The zero-order chi connectivity index (χ0) is 13.4.